The molecule has 3 nitrogen and oxygen atoms in total. The molecule has 15 heavy (non-hydrogen) atoms. The van der Waals surface area contributed by atoms with Crippen LogP contribution < -0.4 is 5.69 Å². The van der Waals surface area contributed by atoms with E-state index in [0.29, 0.717) is 4.64 Å². The summed E-state index contributed by atoms with van der Waals surface area (Å²) in [4.78, 5) is 16.6. The van der Waals surface area contributed by atoms with Crippen LogP contribution in [0.5, 0.6) is 0 Å². The monoisotopic (exact) mass is 216 g/mol. The summed E-state index contributed by atoms with van der Waals surface area (Å²) < 4.78 is 0.527. The van der Waals surface area contributed by atoms with Gasteiger partial charge in [-0.05, 0) is 11.1 Å². The van der Waals surface area contributed by atoms with Gasteiger partial charge in [0, 0.05) is 17.7 Å². The van der Waals surface area contributed by atoms with Crippen molar-refractivity contribution in [3.8, 4) is 11.1 Å². The van der Waals surface area contributed by atoms with E-state index >= 15 is 0 Å². The minimum Gasteiger partial charge on any atom is -0.310 e. The van der Waals surface area contributed by atoms with E-state index < -0.39 is 0 Å². The average Bonchev–Trinajstić information content (AvgIpc) is 2.54. The van der Waals surface area contributed by atoms with E-state index in [1.807, 2.05) is 18.2 Å². The molecule has 0 saturated carbocycles. The number of fused-ring (bicyclic) bond motifs is 3. The maximum atomic E-state index is 11.2. The summed E-state index contributed by atoms with van der Waals surface area (Å²) in [6.07, 6.45) is 0.763. The first-order valence-corrected chi connectivity index (χ1v) is 5.10. The van der Waals surface area contributed by atoms with Gasteiger partial charge in [0.25, 0.3) is 0 Å². The number of hydrogen-bond donors (Lipinski definition) is 2. The fourth-order valence-corrected chi connectivity index (χ4v) is 2.39. The van der Waals surface area contributed by atoms with E-state index in [4.69, 9.17) is 12.2 Å². The van der Waals surface area contributed by atoms with Crippen molar-refractivity contribution in [1.29, 1.82) is 0 Å². The molecule has 1 aliphatic rings. The first kappa shape index (κ1) is 8.61. The standard InChI is InChI=1S/C11H8N2OS/c14-11-12-8-5-6-3-1-2-4-7(6)9(8)10(15)13-11/h1-4H,5H2,(H2,12,13,14,15). The molecular formula is C11H8N2OS. The van der Waals surface area contributed by atoms with Gasteiger partial charge in [-0.1, -0.05) is 36.5 Å². The van der Waals surface area contributed by atoms with Crippen molar-refractivity contribution >= 4 is 12.2 Å². The Bertz CT molecular complexity index is 654. The molecule has 4 heteroatoms. The average molecular weight is 216 g/mol. The number of rotatable bonds is 0. The molecule has 0 aliphatic heterocycles. The van der Waals surface area contributed by atoms with E-state index in [1.54, 1.807) is 0 Å². The molecule has 1 aliphatic carbocycles. The Balaban J connectivity index is 2.43. The van der Waals surface area contributed by atoms with Crippen LogP contribution in [-0.4, -0.2) is 9.97 Å². The summed E-state index contributed by atoms with van der Waals surface area (Å²) in [5, 5.41) is 0. The molecule has 0 spiro atoms. The summed E-state index contributed by atoms with van der Waals surface area (Å²) >= 11 is 5.17. The molecule has 0 unspecified atom stereocenters. The van der Waals surface area contributed by atoms with Gasteiger partial charge in [0.1, 0.15) is 4.64 Å². The van der Waals surface area contributed by atoms with Crippen LogP contribution in [0.25, 0.3) is 11.1 Å². The molecule has 2 aromatic rings. The second-order valence-corrected chi connectivity index (χ2v) is 4.00. The van der Waals surface area contributed by atoms with E-state index in [1.165, 1.54) is 5.56 Å². The molecule has 2 N–H and O–H groups in total. The fraction of sp³-hybridized carbons (Fsp3) is 0.0909. The molecule has 1 aromatic carbocycles. The Kier molecular flexibility index (Phi) is 1.67. The summed E-state index contributed by atoms with van der Waals surface area (Å²) in [5.74, 6) is 0. The maximum absolute atomic E-state index is 11.2. The van der Waals surface area contributed by atoms with Crippen molar-refractivity contribution in [3.63, 3.8) is 0 Å². The van der Waals surface area contributed by atoms with Crippen molar-refractivity contribution in [2.45, 2.75) is 6.42 Å². The maximum Gasteiger partial charge on any atom is 0.324 e. The number of nitrogens with one attached hydrogen (secondary N) is 2. The summed E-state index contributed by atoms with van der Waals surface area (Å²) in [6.45, 7) is 0. The van der Waals surface area contributed by atoms with Crippen LogP contribution in [0.1, 0.15) is 11.3 Å². The van der Waals surface area contributed by atoms with Crippen molar-refractivity contribution in [2.75, 3.05) is 0 Å². The molecule has 74 valence electrons. The SMILES string of the molecule is O=c1[nH]c2c(c(=S)[nH]1)-c1ccccc1C2. The van der Waals surface area contributed by atoms with Gasteiger partial charge in [0.2, 0.25) is 0 Å². The van der Waals surface area contributed by atoms with Crippen LogP contribution in [-0.2, 0) is 6.42 Å². The summed E-state index contributed by atoms with van der Waals surface area (Å²) in [7, 11) is 0. The molecular weight excluding hydrogens is 208 g/mol. The van der Waals surface area contributed by atoms with Crippen LogP contribution in [0.2, 0.25) is 0 Å². The van der Waals surface area contributed by atoms with E-state index in [9.17, 15) is 4.79 Å². The Hall–Kier alpha value is -1.68. The highest BCUT2D eigenvalue weighted by Crippen LogP contribution is 2.34. The summed E-state index contributed by atoms with van der Waals surface area (Å²) in [6, 6.07) is 8.06. The Morgan fingerprint density at radius 1 is 1.20 bits per heavy atom. The molecule has 0 saturated heterocycles. The van der Waals surface area contributed by atoms with Crippen LogP contribution >= 0.6 is 12.2 Å². The zero-order valence-electron chi connectivity index (χ0n) is 7.83. The number of aromatic nitrogens is 2. The highest BCUT2D eigenvalue weighted by Gasteiger charge is 2.19. The second kappa shape index (κ2) is 2.90. The van der Waals surface area contributed by atoms with Crippen LogP contribution in [0.3, 0.4) is 0 Å². The molecule has 0 amide bonds. The van der Waals surface area contributed by atoms with Gasteiger partial charge in [-0.3, -0.25) is 4.98 Å². The zero-order chi connectivity index (χ0) is 10.4. The first-order chi connectivity index (χ1) is 7.25. The van der Waals surface area contributed by atoms with Crippen LogP contribution in [0, 0.1) is 4.64 Å². The lowest BCUT2D eigenvalue weighted by atomic mass is 10.1. The highest BCUT2D eigenvalue weighted by atomic mass is 32.1. The lowest BCUT2D eigenvalue weighted by molar-refractivity contribution is 0.998. The van der Waals surface area contributed by atoms with Gasteiger partial charge in [-0.15, -0.1) is 0 Å². The molecule has 0 radical (unpaired) electrons. The Labute approximate surface area is 90.8 Å². The smallest absolute Gasteiger partial charge is 0.310 e. The molecule has 1 aromatic heterocycles. The third kappa shape index (κ3) is 1.18. The topological polar surface area (TPSA) is 48.6 Å². The first-order valence-electron chi connectivity index (χ1n) is 4.69. The largest absolute Gasteiger partial charge is 0.324 e. The lowest BCUT2D eigenvalue weighted by Gasteiger charge is -1.99. The molecule has 1 heterocycles. The zero-order valence-corrected chi connectivity index (χ0v) is 8.65. The van der Waals surface area contributed by atoms with E-state index in [-0.39, 0.29) is 5.69 Å². The van der Waals surface area contributed by atoms with Gasteiger partial charge < -0.3 is 4.98 Å². The van der Waals surface area contributed by atoms with Crippen LogP contribution in [0.15, 0.2) is 29.1 Å². The minimum absolute atomic E-state index is 0.230. The predicted molar refractivity (Wildman–Crippen MR) is 60.5 cm³/mol. The predicted octanol–water partition coefficient (Wildman–Crippen LogP) is 2.00. The number of H-pyrrole nitrogens is 2. The fourth-order valence-electron chi connectivity index (χ4n) is 2.06. The Morgan fingerprint density at radius 3 is 2.87 bits per heavy atom. The highest BCUT2D eigenvalue weighted by molar-refractivity contribution is 7.71. The van der Waals surface area contributed by atoms with Crippen molar-refractivity contribution < 1.29 is 0 Å². The third-order valence-electron chi connectivity index (χ3n) is 2.67. The molecule has 0 bridgehead atoms. The Morgan fingerprint density at radius 2 is 2.00 bits per heavy atom. The summed E-state index contributed by atoms with van der Waals surface area (Å²) in [5.41, 5.74) is 4.01. The number of benzene rings is 1. The third-order valence-corrected chi connectivity index (χ3v) is 2.98. The lowest BCUT2D eigenvalue weighted by Crippen LogP contribution is -2.12. The van der Waals surface area contributed by atoms with Crippen molar-refractivity contribution in [1.82, 2.24) is 9.97 Å². The number of hydrogen-bond acceptors (Lipinski definition) is 2. The molecule has 0 fully saturated rings. The molecule has 3 rings (SSSR count). The van der Waals surface area contributed by atoms with Crippen molar-refractivity contribution in [2.24, 2.45) is 0 Å². The quantitative estimate of drug-likeness (QED) is 0.565. The van der Waals surface area contributed by atoms with Gasteiger partial charge in [-0.2, -0.15) is 0 Å². The van der Waals surface area contributed by atoms with Gasteiger partial charge in [0.15, 0.2) is 0 Å². The van der Waals surface area contributed by atoms with E-state index in [2.05, 4.69) is 16.0 Å². The molecule has 0 atom stereocenters. The number of aromatic amines is 2. The van der Waals surface area contributed by atoms with Gasteiger partial charge in [-0.25, -0.2) is 4.79 Å². The minimum atomic E-state index is -0.230. The van der Waals surface area contributed by atoms with E-state index in [0.717, 1.165) is 23.2 Å². The normalized spacial score (nSPS) is 12.3. The van der Waals surface area contributed by atoms with Crippen molar-refractivity contribution in [3.05, 3.63) is 50.6 Å². The van der Waals surface area contributed by atoms with Gasteiger partial charge in [0.05, 0.1) is 0 Å². The second-order valence-electron chi connectivity index (χ2n) is 3.60. The van der Waals surface area contributed by atoms with Gasteiger partial charge >= 0.3 is 5.69 Å². The van der Waals surface area contributed by atoms with Crippen LogP contribution in [0.4, 0.5) is 0 Å².